The second-order valence-corrected chi connectivity index (χ2v) is 3.57. The molecule has 0 spiro atoms. The molecule has 1 atom stereocenters. The highest BCUT2D eigenvalue weighted by molar-refractivity contribution is 6.33. The Kier molecular flexibility index (Phi) is 2.02. The molecule has 1 unspecified atom stereocenters. The summed E-state index contributed by atoms with van der Waals surface area (Å²) in [5.41, 5.74) is 2.95. The van der Waals surface area contributed by atoms with Gasteiger partial charge in [0.2, 0.25) is 0 Å². The van der Waals surface area contributed by atoms with Gasteiger partial charge in [-0.3, -0.25) is 0 Å². The fourth-order valence-corrected chi connectivity index (χ4v) is 1.78. The predicted octanol–water partition coefficient (Wildman–Crippen LogP) is 2.41. The van der Waals surface area contributed by atoms with Crippen LogP contribution in [0, 0.1) is 6.92 Å². The van der Waals surface area contributed by atoms with Crippen LogP contribution in [0.1, 0.15) is 11.1 Å². The van der Waals surface area contributed by atoms with Gasteiger partial charge in [0.1, 0.15) is 6.23 Å². The average molecular weight is 196 g/mol. The van der Waals surface area contributed by atoms with Crippen molar-refractivity contribution in [1.29, 1.82) is 0 Å². The largest absolute Gasteiger partial charge is 0.370 e. The molecule has 0 saturated carbocycles. The Morgan fingerprint density at radius 2 is 2.23 bits per heavy atom. The molecule has 2 rings (SSSR count). The van der Waals surface area contributed by atoms with Crippen LogP contribution in [-0.2, 0) is 0 Å². The van der Waals surface area contributed by atoms with Crippen molar-refractivity contribution in [2.24, 2.45) is 0 Å². The summed E-state index contributed by atoms with van der Waals surface area (Å²) in [6, 6.07) is 3.90. The van der Waals surface area contributed by atoms with Crippen LogP contribution in [0.25, 0.3) is 6.08 Å². The number of anilines is 1. The Bertz CT molecular complexity index is 373. The predicted molar refractivity (Wildman–Crippen MR) is 54.9 cm³/mol. The van der Waals surface area contributed by atoms with Crippen molar-refractivity contribution < 1.29 is 5.11 Å². The van der Waals surface area contributed by atoms with Gasteiger partial charge in [-0.25, -0.2) is 0 Å². The Morgan fingerprint density at radius 1 is 1.46 bits per heavy atom. The second-order valence-electron chi connectivity index (χ2n) is 3.16. The third kappa shape index (κ3) is 1.55. The number of aryl methyl sites for hydroxylation is 1. The lowest BCUT2D eigenvalue weighted by molar-refractivity contribution is 0.252. The zero-order chi connectivity index (χ0) is 9.42. The molecular formula is C10H10ClNO. The minimum Gasteiger partial charge on any atom is -0.370 e. The fourth-order valence-electron chi connectivity index (χ4n) is 1.44. The Labute approximate surface area is 81.8 Å². The first-order chi connectivity index (χ1) is 6.16. The summed E-state index contributed by atoms with van der Waals surface area (Å²) in [6.45, 7) is 1.99. The average Bonchev–Trinajstić information content (AvgIpc) is 2.06. The van der Waals surface area contributed by atoms with E-state index in [0.717, 1.165) is 16.8 Å². The molecule has 3 heteroatoms. The van der Waals surface area contributed by atoms with Crippen molar-refractivity contribution in [3.8, 4) is 0 Å². The molecule has 1 aliphatic heterocycles. The Hall–Kier alpha value is -0.990. The van der Waals surface area contributed by atoms with E-state index < -0.39 is 6.23 Å². The van der Waals surface area contributed by atoms with Crippen molar-refractivity contribution in [1.82, 2.24) is 0 Å². The number of halogens is 1. The van der Waals surface area contributed by atoms with Crippen molar-refractivity contribution in [3.05, 3.63) is 34.4 Å². The lowest BCUT2D eigenvalue weighted by atomic mass is 10.1. The Morgan fingerprint density at radius 3 is 3.00 bits per heavy atom. The first kappa shape index (κ1) is 8.60. The molecule has 1 aromatic carbocycles. The lowest BCUT2D eigenvalue weighted by Gasteiger charge is -2.19. The number of benzene rings is 1. The van der Waals surface area contributed by atoms with Crippen LogP contribution in [0.15, 0.2) is 18.2 Å². The summed E-state index contributed by atoms with van der Waals surface area (Å²) >= 11 is 6.01. The summed E-state index contributed by atoms with van der Waals surface area (Å²) < 4.78 is 0. The lowest BCUT2D eigenvalue weighted by Crippen LogP contribution is -2.19. The quantitative estimate of drug-likeness (QED) is 0.667. The smallest absolute Gasteiger partial charge is 0.144 e. The van der Waals surface area contributed by atoms with Gasteiger partial charge in [-0.2, -0.15) is 0 Å². The number of hydrogen-bond donors (Lipinski definition) is 2. The van der Waals surface area contributed by atoms with E-state index >= 15 is 0 Å². The van der Waals surface area contributed by atoms with Gasteiger partial charge in [0, 0.05) is 0 Å². The number of aliphatic hydroxyl groups excluding tert-OH is 1. The molecular weight excluding hydrogens is 186 g/mol. The molecule has 0 amide bonds. The molecule has 0 radical (unpaired) electrons. The Balaban J connectivity index is 2.56. The zero-order valence-electron chi connectivity index (χ0n) is 7.21. The van der Waals surface area contributed by atoms with E-state index in [0.29, 0.717) is 5.02 Å². The maximum absolute atomic E-state index is 9.29. The van der Waals surface area contributed by atoms with E-state index in [4.69, 9.17) is 11.6 Å². The minimum absolute atomic E-state index is 0.632. The van der Waals surface area contributed by atoms with E-state index in [1.807, 2.05) is 25.1 Å². The maximum atomic E-state index is 9.29. The van der Waals surface area contributed by atoms with E-state index in [9.17, 15) is 5.11 Å². The van der Waals surface area contributed by atoms with Gasteiger partial charge in [-0.05, 0) is 36.3 Å². The molecule has 1 heterocycles. The van der Waals surface area contributed by atoms with Crippen LogP contribution in [-0.4, -0.2) is 11.3 Å². The molecule has 2 nitrogen and oxygen atoms in total. The first-order valence-corrected chi connectivity index (χ1v) is 4.47. The van der Waals surface area contributed by atoms with Crippen LogP contribution < -0.4 is 5.32 Å². The number of nitrogens with one attached hydrogen (secondary N) is 1. The number of rotatable bonds is 0. The number of fused-ring (bicyclic) bond motifs is 1. The van der Waals surface area contributed by atoms with Crippen LogP contribution >= 0.6 is 11.6 Å². The van der Waals surface area contributed by atoms with Crippen molar-refractivity contribution in [2.75, 3.05) is 5.32 Å². The topological polar surface area (TPSA) is 32.3 Å². The first-order valence-electron chi connectivity index (χ1n) is 4.10. The molecule has 0 saturated heterocycles. The molecule has 0 aromatic heterocycles. The summed E-state index contributed by atoms with van der Waals surface area (Å²) in [4.78, 5) is 0. The van der Waals surface area contributed by atoms with Gasteiger partial charge in [0.05, 0.1) is 10.7 Å². The molecule has 68 valence electrons. The van der Waals surface area contributed by atoms with Gasteiger partial charge in [-0.1, -0.05) is 17.7 Å². The maximum Gasteiger partial charge on any atom is 0.144 e. The molecule has 13 heavy (non-hydrogen) atoms. The van der Waals surface area contributed by atoms with Gasteiger partial charge >= 0.3 is 0 Å². The highest BCUT2D eigenvalue weighted by atomic mass is 35.5. The second kappa shape index (κ2) is 3.05. The van der Waals surface area contributed by atoms with E-state index in [1.165, 1.54) is 0 Å². The highest BCUT2D eigenvalue weighted by Crippen LogP contribution is 2.31. The third-order valence-electron chi connectivity index (χ3n) is 2.02. The standard InChI is InChI=1S/C10H10ClNO/c1-6-4-7-2-3-9(13)12-10(7)8(11)5-6/h2-5,9,12-13H,1H3. The van der Waals surface area contributed by atoms with Crippen LogP contribution in [0.4, 0.5) is 5.69 Å². The van der Waals surface area contributed by atoms with E-state index in [1.54, 1.807) is 6.08 Å². The van der Waals surface area contributed by atoms with Crippen molar-refractivity contribution in [2.45, 2.75) is 13.2 Å². The zero-order valence-corrected chi connectivity index (χ0v) is 7.97. The van der Waals surface area contributed by atoms with Crippen molar-refractivity contribution in [3.63, 3.8) is 0 Å². The van der Waals surface area contributed by atoms with Crippen LogP contribution in [0.5, 0.6) is 0 Å². The normalized spacial score (nSPS) is 19.5. The molecule has 0 aliphatic carbocycles. The minimum atomic E-state index is -0.632. The summed E-state index contributed by atoms with van der Waals surface area (Å²) in [7, 11) is 0. The molecule has 0 fully saturated rings. The van der Waals surface area contributed by atoms with E-state index in [2.05, 4.69) is 5.32 Å². The van der Waals surface area contributed by atoms with Crippen LogP contribution in [0.2, 0.25) is 5.02 Å². The van der Waals surface area contributed by atoms with Gasteiger partial charge in [0.15, 0.2) is 0 Å². The summed E-state index contributed by atoms with van der Waals surface area (Å²) in [5, 5.41) is 12.8. The third-order valence-corrected chi connectivity index (χ3v) is 2.31. The number of hydrogen-bond acceptors (Lipinski definition) is 2. The summed E-state index contributed by atoms with van der Waals surface area (Å²) in [6.07, 6.45) is 2.93. The van der Waals surface area contributed by atoms with Crippen LogP contribution in [0.3, 0.4) is 0 Å². The van der Waals surface area contributed by atoms with Crippen molar-refractivity contribution >= 4 is 23.4 Å². The molecule has 2 N–H and O–H groups in total. The highest BCUT2D eigenvalue weighted by Gasteiger charge is 2.12. The summed E-state index contributed by atoms with van der Waals surface area (Å²) in [5.74, 6) is 0. The molecule has 1 aromatic rings. The molecule has 1 aliphatic rings. The fraction of sp³-hybridized carbons (Fsp3) is 0.200. The SMILES string of the molecule is Cc1cc(Cl)c2c(c1)C=CC(O)N2. The van der Waals surface area contributed by atoms with Gasteiger partial charge in [-0.15, -0.1) is 0 Å². The number of aliphatic hydroxyl groups is 1. The van der Waals surface area contributed by atoms with E-state index in [-0.39, 0.29) is 0 Å². The van der Waals surface area contributed by atoms with Gasteiger partial charge < -0.3 is 10.4 Å². The molecule has 0 bridgehead atoms. The van der Waals surface area contributed by atoms with Gasteiger partial charge in [0.25, 0.3) is 0 Å². The monoisotopic (exact) mass is 195 g/mol.